The summed E-state index contributed by atoms with van der Waals surface area (Å²) >= 11 is 0. The first-order valence-electron chi connectivity index (χ1n) is 8.71. The molecule has 0 radical (unpaired) electrons. The minimum absolute atomic E-state index is 0.104. The number of carbonyl (C=O) groups excluding carboxylic acids is 1. The van der Waals surface area contributed by atoms with Crippen molar-refractivity contribution in [2.75, 3.05) is 0 Å². The van der Waals surface area contributed by atoms with Gasteiger partial charge in [-0.25, -0.2) is 4.68 Å². The molecule has 1 amide bonds. The number of rotatable bonds is 6. The normalized spacial score (nSPS) is 12.3. The Balaban J connectivity index is 1.78. The molecule has 1 heterocycles. The molecule has 0 spiro atoms. The maximum Gasteiger partial charge on any atom is 0.278 e. The highest BCUT2D eigenvalue weighted by Gasteiger charge is 2.17. The van der Waals surface area contributed by atoms with Crippen molar-refractivity contribution < 1.29 is 4.79 Å². The summed E-state index contributed by atoms with van der Waals surface area (Å²) in [5, 5.41) is 11.4. The second-order valence-corrected chi connectivity index (χ2v) is 6.73. The van der Waals surface area contributed by atoms with Crippen molar-refractivity contribution >= 4 is 16.8 Å². The zero-order valence-electron chi connectivity index (χ0n) is 14.9. The van der Waals surface area contributed by atoms with Crippen LogP contribution in [-0.2, 0) is 11.3 Å². The Morgan fingerprint density at radius 2 is 1.77 bits per heavy atom. The van der Waals surface area contributed by atoms with Gasteiger partial charge in [0.25, 0.3) is 5.56 Å². The van der Waals surface area contributed by atoms with Gasteiger partial charge in [0, 0.05) is 0 Å². The maximum atomic E-state index is 12.5. The van der Waals surface area contributed by atoms with Crippen LogP contribution in [-0.4, -0.2) is 20.9 Å². The number of fused-ring (bicyclic) bond motifs is 1. The quantitative estimate of drug-likeness (QED) is 0.741. The van der Waals surface area contributed by atoms with Crippen LogP contribution in [0.2, 0.25) is 0 Å². The van der Waals surface area contributed by atoms with Crippen molar-refractivity contribution in [3.63, 3.8) is 0 Å². The third-order valence-corrected chi connectivity index (χ3v) is 4.17. The highest BCUT2D eigenvalue weighted by Crippen LogP contribution is 2.21. The highest BCUT2D eigenvalue weighted by atomic mass is 16.2. The fourth-order valence-electron chi connectivity index (χ4n) is 2.94. The topological polar surface area (TPSA) is 76.9 Å². The summed E-state index contributed by atoms with van der Waals surface area (Å²) in [6.07, 6.45) is 0.814. The van der Waals surface area contributed by atoms with Crippen molar-refractivity contribution in [2.24, 2.45) is 5.92 Å². The Morgan fingerprint density at radius 3 is 2.50 bits per heavy atom. The highest BCUT2D eigenvalue weighted by molar-refractivity contribution is 5.78. The lowest BCUT2D eigenvalue weighted by atomic mass is 9.97. The fraction of sp³-hybridized carbons (Fsp3) is 0.300. The van der Waals surface area contributed by atoms with Crippen molar-refractivity contribution in [3.8, 4) is 0 Å². The van der Waals surface area contributed by atoms with Crippen LogP contribution in [0.3, 0.4) is 0 Å². The lowest BCUT2D eigenvalue weighted by Crippen LogP contribution is -2.36. The summed E-state index contributed by atoms with van der Waals surface area (Å²) < 4.78 is 1.11. The van der Waals surface area contributed by atoms with Gasteiger partial charge in [0.2, 0.25) is 5.91 Å². The monoisotopic (exact) mass is 350 g/mol. The third kappa shape index (κ3) is 4.14. The number of nitrogens with one attached hydrogen (secondary N) is 1. The van der Waals surface area contributed by atoms with Gasteiger partial charge in [-0.3, -0.25) is 9.59 Å². The molecule has 0 aliphatic carbocycles. The first kappa shape index (κ1) is 17.8. The van der Waals surface area contributed by atoms with E-state index in [-0.39, 0.29) is 24.1 Å². The molecule has 6 nitrogen and oxygen atoms in total. The summed E-state index contributed by atoms with van der Waals surface area (Å²) in [5.74, 6) is 0.162. The molecule has 0 saturated heterocycles. The average Bonchev–Trinajstić information content (AvgIpc) is 2.64. The number of carbonyl (C=O) groups is 1. The molecular weight excluding hydrogens is 328 g/mol. The minimum atomic E-state index is -0.314. The maximum absolute atomic E-state index is 12.5. The number of benzene rings is 2. The van der Waals surface area contributed by atoms with Crippen LogP contribution in [0.25, 0.3) is 10.9 Å². The summed E-state index contributed by atoms with van der Waals surface area (Å²) in [7, 11) is 0. The van der Waals surface area contributed by atoms with Gasteiger partial charge in [0.15, 0.2) is 0 Å². The second kappa shape index (κ2) is 7.91. The third-order valence-electron chi connectivity index (χ3n) is 4.17. The molecular formula is C20H22N4O2. The van der Waals surface area contributed by atoms with E-state index < -0.39 is 0 Å². The molecule has 0 fully saturated rings. The van der Waals surface area contributed by atoms with E-state index in [1.807, 2.05) is 30.3 Å². The Bertz CT molecular complexity index is 951. The van der Waals surface area contributed by atoms with Gasteiger partial charge in [-0.2, -0.15) is 0 Å². The van der Waals surface area contributed by atoms with Crippen molar-refractivity contribution in [1.29, 1.82) is 0 Å². The molecule has 0 bridgehead atoms. The molecule has 1 N–H and O–H groups in total. The molecule has 6 heteroatoms. The summed E-state index contributed by atoms with van der Waals surface area (Å²) in [6.45, 7) is 4.07. The van der Waals surface area contributed by atoms with Crippen LogP contribution >= 0.6 is 0 Å². The summed E-state index contributed by atoms with van der Waals surface area (Å²) in [4.78, 5) is 25.0. The van der Waals surface area contributed by atoms with Crippen LogP contribution in [0.1, 0.15) is 31.9 Å². The molecule has 3 rings (SSSR count). The van der Waals surface area contributed by atoms with E-state index in [9.17, 15) is 9.59 Å². The standard InChI is InChI=1S/C20H22N4O2/c1-14(2)12-18(15-8-4-3-5-9-15)21-19(25)13-24-20(26)16-10-6-7-11-17(16)22-23-24/h3-11,14,18H,12-13H2,1-2H3,(H,21,25)/t18-/m0/s1. The molecule has 26 heavy (non-hydrogen) atoms. The van der Waals surface area contributed by atoms with Gasteiger partial charge in [-0.05, 0) is 30.0 Å². The largest absolute Gasteiger partial charge is 0.348 e. The van der Waals surface area contributed by atoms with Crippen molar-refractivity contribution in [3.05, 3.63) is 70.5 Å². The molecule has 0 aliphatic heterocycles. The first-order valence-corrected chi connectivity index (χ1v) is 8.71. The molecule has 3 aromatic rings. The van der Waals surface area contributed by atoms with Crippen molar-refractivity contribution in [1.82, 2.24) is 20.3 Å². The van der Waals surface area contributed by atoms with Crippen LogP contribution in [0.5, 0.6) is 0 Å². The molecule has 0 unspecified atom stereocenters. The molecule has 134 valence electrons. The number of amides is 1. The second-order valence-electron chi connectivity index (χ2n) is 6.73. The van der Waals surface area contributed by atoms with Crippen LogP contribution < -0.4 is 10.9 Å². The van der Waals surface area contributed by atoms with Crippen LogP contribution in [0.4, 0.5) is 0 Å². The van der Waals surface area contributed by atoms with E-state index in [1.165, 1.54) is 0 Å². The Morgan fingerprint density at radius 1 is 1.08 bits per heavy atom. The van der Waals surface area contributed by atoms with E-state index >= 15 is 0 Å². The van der Waals surface area contributed by atoms with Gasteiger partial charge in [0.1, 0.15) is 12.1 Å². The summed E-state index contributed by atoms with van der Waals surface area (Å²) in [6, 6.07) is 16.7. The van der Waals surface area contributed by atoms with Gasteiger partial charge in [-0.15, -0.1) is 5.10 Å². The van der Waals surface area contributed by atoms with Crippen molar-refractivity contribution in [2.45, 2.75) is 32.9 Å². The number of aromatic nitrogens is 3. The smallest absolute Gasteiger partial charge is 0.278 e. The Labute approximate surface area is 151 Å². The zero-order valence-corrected chi connectivity index (χ0v) is 14.9. The lowest BCUT2D eigenvalue weighted by molar-refractivity contribution is -0.122. The lowest BCUT2D eigenvalue weighted by Gasteiger charge is -2.21. The summed E-state index contributed by atoms with van der Waals surface area (Å²) in [5.41, 5.74) is 1.26. The van der Waals surface area contributed by atoms with E-state index in [0.717, 1.165) is 16.7 Å². The molecule has 2 aromatic carbocycles. The van der Waals surface area contributed by atoms with Gasteiger partial charge in [0.05, 0.1) is 11.4 Å². The molecule has 1 atom stereocenters. The van der Waals surface area contributed by atoms with E-state index in [4.69, 9.17) is 0 Å². The zero-order chi connectivity index (χ0) is 18.5. The van der Waals surface area contributed by atoms with Gasteiger partial charge < -0.3 is 5.32 Å². The average molecular weight is 350 g/mol. The molecule has 0 aliphatic rings. The predicted molar refractivity (Wildman–Crippen MR) is 101 cm³/mol. The van der Waals surface area contributed by atoms with E-state index in [2.05, 4.69) is 29.5 Å². The fourth-order valence-corrected chi connectivity index (χ4v) is 2.94. The Hall–Kier alpha value is -3.02. The van der Waals surface area contributed by atoms with Crippen LogP contribution in [0.15, 0.2) is 59.4 Å². The Kier molecular flexibility index (Phi) is 5.41. The van der Waals surface area contributed by atoms with Gasteiger partial charge in [-0.1, -0.05) is 61.5 Å². The number of hydrogen-bond donors (Lipinski definition) is 1. The van der Waals surface area contributed by atoms with Gasteiger partial charge >= 0.3 is 0 Å². The number of nitrogens with zero attached hydrogens (tertiary/aromatic N) is 3. The van der Waals surface area contributed by atoms with E-state index in [1.54, 1.807) is 24.3 Å². The SMILES string of the molecule is CC(C)C[C@H](NC(=O)Cn1nnc2ccccc2c1=O)c1ccccc1. The first-order chi connectivity index (χ1) is 12.5. The minimum Gasteiger partial charge on any atom is -0.348 e. The van der Waals surface area contributed by atoms with Crippen LogP contribution in [0, 0.1) is 5.92 Å². The number of hydrogen-bond acceptors (Lipinski definition) is 4. The molecule has 0 saturated carbocycles. The van der Waals surface area contributed by atoms with E-state index in [0.29, 0.717) is 16.8 Å². The predicted octanol–water partition coefficient (Wildman–Crippen LogP) is 2.70. The molecule has 1 aromatic heterocycles.